The van der Waals surface area contributed by atoms with E-state index in [0.717, 1.165) is 16.7 Å². The topological polar surface area (TPSA) is 125 Å². The molecule has 1 aliphatic heterocycles. The van der Waals surface area contributed by atoms with Crippen molar-refractivity contribution >= 4 is 17.8 Å². The van der Waals surface area contributed by atoms with Gasteiger partial charge in [-0.1, -0.05) is 30.3 Å². The van der Waals surface area contributed by atoms with Crippen LogP contribution in [-0.4, -0.2) is 45.9 Å². The third-order valence-electron chi connectivity index (χ3n) is 3.42. The lowest BCUT2D eigenvalue weighted by molar-refractivity contribution is -0.136. The Kier molecular flexibility index (Phi) is 4.55. The lowest BCUT2D eigenvalue weighted by Crippen LogP contribution is -2.30. The van der Waals surface area contributed by atoms with Crippen LogP contribution >= 0.6 is 0 Å². The van der Waals surface area contributed by atoms with Crippen molar-refractivity contribution in [3.8, 4) is 5.88 Å². The highest BCUT2D eigenvalue weighted by molar-refractivity contribution is 5.97. The minimum atomic E-state index is -0.776. The SMILES string of the molecule is NC(=O)c1cnc(C(=O)N2COC(=O)C2)nc1OCc1ccccc1. The molecule has 128 valence electrons. The molecule has 0 atom stereocenters. The zero-order chi connectivity index (χ0) is 17.8. The maximum absolute atomic E-state index is 12.3. The Balaban J connectivity index is 1.83. The number of nitrogens with zero attached hydrogens (tertiary/aromatic N) is 3. The molecule has 3 rings (SSSR count). The zero-order valence-corrected chi connectivity index (χ0v) is 13.0. The summed E-state index contributed by atoms with van der Waals surface area (Å²) in [5.41, 5.74) is 6.10. The van der Waals surface area contributed by atoms with E-state index >= 15 is 0 Å². The molecule has 9 heteroatoms. The van der Waals surface area contributed by atoms with Gasteiger partial charge >= 0.3 is 5.97 Å². The predicted molar refractivity (Wildman–Crippen MR) is 83.3 cm³/mol. The molecule has 1 saturated heterocycles. The molecule has 0 unspecified atom stereocenters. The minimum Gasteiger partial charge on any atom is -0.472 e. The van der Waals surface area contributed by atoms with Gasteiger partial charge in [0.25, 0.3) is 11.8 Å². The van der Waals surface area contributed by atoms with Crippen molar-refractivity contribution in [2.75, 3.05) is 13.3 Å². The number of esters is 1. The smallest absolute Gasteiger partial charge is 0.327 e. The number of benzene rings is 1. The molecule has 0 radical (unpaired) electrons. The highest BCUT2D eigenvalue weighted by atomic mass is 16.6. The monoisotopic (exact) mass is 342 g/mol. The molecule has 1 aromatic carbocycles. The fraction of sp³-hybridized carbons (Fsp3) is 0.188. The van der Waals surface area contributed by atoms with Crippen molar-refractivity contribution in [1.29, 1.82) is 0 Å². The number of hydrogen-bond acceptors (Lipinski definition) is 7. The third kappa shape index (κ3) is 3.71. The standard InChI is InChI=1S/C16H14N4O5/c17-13(22)11-6-18-14(16(23)20-7-12(21)25-9-20)19-15(11)24-8-10-4-2-1-3-5-10/h1-6H,7-9H2,(H2,17,22). The van der Waals surface area contributed by atoms with Crippen LogP contribution in [-0.2, 0) is 16.1 Å². The summed E-state index contributed by atoms with van der Waals surface area (Å²) < 4.78 is 10.2. The summed E-state index contributed by atoms with van der Waals surface area (Å²) in [5.74, 6) is -2.21. The first-order valence-corrected chi connectivity index (χ1v) is 7.33. The maximum Gasteiger partial charge on any atom is 0.327 e. The number of amides is 2. The quantitative estimate of drug-likeness (QED) is 0.765. The van der Waals surface area contributed by atoms with Gasteiger partial charge in [0.1, 0.15) is 18.7 Å². The van der Waals surface area contributed by atoms with Crippen LogP contribution in [0.5, 0.6) is 5.88 Å². The molecular formula is C16H14N4O5. The summed E-state index contributed by atoms with van der Waals surface area (Å²) in [7, 11) is 0. The second kappa shape index (κ2) is 6.95. The molecule has 2 N–H and O–H groups in total. The van der Waals surface area contributed by atoms with Crippen molar-refractivity contribution in [3.05, 3.63) is 53.5 Å². The van der Waals surface area contributed by atoms with Crippen LogP contribution in [0, 0.1) is 0 Å². The van der Waals surface area contributed by atoms with Crippen molar-refractivity contribution < 1.29 is 23.9 Å². The average molecular weight is 342 g/mol. The third-order valence-corrected chi connectivity index (χ3v) is 3.42. The largest absolute Gasteiger partial charge is 0.472 e. The molecule has 1 aliphatic rings. The number of carbonyl (C=O) groups excluding carboxylic acids is 3. The van der Waals surface area contributed by atoms with Gasteiger partial charge in [-0.3, -0.25) is 19.3 Å². The first-order valence-electron chi connectivity index (χ1n) is 7.33. The van der Waals surface area contributed by atoms with Gasteiger partial charge in [0.15, 0.2) is 6.73 Å². The van der Waals surface area contributed by atoms with Gasteiger partial charge in [0.2, 0.25) is 11.7 Å². The summed E-state index contributed by atoms with van der Waals surface area (Å²) in [4.78, 5) is 43.9. The Morgan fingerprint density at radius 1 is 1.28 bits per heavy atom. The molecule has 2 amide bonds. The number of rotatable bonds is 5. The van der Waals surface area contributed by atoms with E-state index < -0.39 is 17.8 Å². The second-order valence-corrected chi connectivity index (χ2v) is 5.20. The molecule has 0 saturated carbocycles. The molecule has 9 nitrogen and oxygen atoms in total. The second-order valence-electron chi connectivity index (χ2n) is 5.20. The summed E-state index contributed by atoms with van der Waals surface area (Å²) in [6.45, 7) is -0.212. The number of hydrogen-bond donors (Lipinski definition) is 1. The highest BCUT2D eigenvalue weighted by Crippen LogP contribution is 2.17. The molecule has 2 heterocycles. The van der Waals surface area contributed by atoms with Crippen LogP contribution in [0.25, 0.3) is 0 Å². The van der Waals surface area contributed by atoms with E-state index in [1.807, 2.05) is 30.3 Å². The fourth-order valence-electron chi connectivity index (χ4n) is 2.14. The van der Waals surface area contributed by atoms with E-state index in [1.54, 1.807) is 0 Å². The van der Waals surface area contributed by atoms with Gasteiger partial charge < -0.3 is 15.2 Å². The molecule has 0 spiro atoms. The van der Waals surface area contributed by atoms with Crippen LogP contribution in [0.2, 0.25) is 0 Å². The van der Waals surface area contributed by atoms with Gasteiger partial charge in [-0.2, -0.15) is 4.98 Å². The summed E-state index contributed by atoms with van der Waals surface area (Å²) >= 11 is 0. The van der Waals surface area contributed by atoms with Gasteiger partial charge in [-0.05, 0) is 5.56 Å². The van der Waals surface area contributed by atoms with Gasteiger partial charge in [0.05, 0.1) is 0 Å². The number of carbonyl (C=O) groups is 3. The zero-order valence-electron chi connectivity index (χ0n) is 13.0. The van der Waals surface area contributed by atoms with Crippen LogP contribution < -0.4 is 10.5 Å². The number of primary amides is 1. The number of cyclic esters (lactones) is 1. The van der Waals surface area contributed by atoms with Crippen molar-refractivity contribution in [3.63, 3.8) is 0 Å². The van der Waals surface area contributed by atoms with Crippen LogP contribution in [0.1, 0.15) is 26.5 Å². The van der Waals surface area contributed by atoms with E-state index in [1.165, 1.54) is 0 Å². The maximum atomic E-state index is 12.3. The minimum absolute atomic E-state index is 0.0405. The van der Waals surface area contributed by atoms with E-state index in [-0.39, 0.29) is 37.2 Å². The average Bonchev–Trinajstić information content (AvgIpc) is 3.06. The Hall–Kier alpha value is -3.49. The van der Waals surface area contributed by atoms with E-state index in [4.69, 9.17) is 15.2 Å². The Morgan fingerprint density at radius 2 is 2.04 bits per heavy atom. The molecule has 2 aromatic rings. The molecule has 1 aromatic heterocycles. The van der Waals surface area contributed by atoms with Crippen molar-refractivity contribution in [2.45, 2.75) is 6.61 Å². The Morgan fingerprint density at radius 3 is 2.68 bits per heavy atom. The number of nitrogens with two attached hydrogens (primary N) is 1. The van der Waals surface area contributed by atoms with E-state index in [9.17, 15) is 14.4 Å². The van der Waals surface area contributed by atoms with Gasteiger partial charge in [-0.25, -0.2) is 4.98 Å². The normalized spacial score (nSPS) is 13.4. The Bertz CT molecular complexity index is 825. The summed E-state index contributed by atoms with van der Waals surface area (Å²) in [6.07, 6.45) is 1.13. The molecule has 0 aliphatic carbocycles. The molecule has 25 heavy (non-hydrogen) atoms. The lowest BCUT2D eigenvalue weighted by atomic mass is 10.2. The van der Waals surface area contributed by atoms with E-state index in [2.05, 4.69) is 9.97 Å². The van der Waals surface area contributed by atoms with Gasteiger partial charge in [-0.15, -0.1) is 0 Å². The van der Waals surface area contributed by atoms with E-state index in [0.29, 0.717) is 0 Å². The van der Waals surface area contributed by atoms with Crippen molar-refractivity contribution in [2.24, 2.45) is 5.73 Å². The van der Waals surface area contributed by atoms with Gasteiger partial charge in [0, 0.05) is 6.20 Å². The van der Waals surface area contributed by atoms with Crippen molar-refractivity contribution in [1.82, 2.24) is 14.9 Å². The number of aromatic nitrogens is 2. The highest BCUT2D eigenvalue weighted by Gasteiger charge is 2.29. The number of ether oxygens (including phenoxy) is 2. The lowest BCUT2D eigenvalue weighted by Gasteiger charge is -2.13. The molecule has 1 fully saturated rings. The summed E-state index contributed by atoms with van der Waals surface area (Å²) in [5, 5.41) is 0. The fourth-order valence-corrected chi connectivity index (χ4v) is 2.14. The molecule has 0 bridgehead atoms. The summed E-state index contributed by atoms with van der Waals surface area (Å²) in [6, 6.07) is 9.22. The van der Waals surface area contributed by atoms with Crippen LogP contribution in [0.15, 0.2) is 36.5 Å². The Labute approximate surface area is 142 Å². The van der Waals surface area contributed by atoms with Crippen LogP contribution in [0.4, 0.5) is 0 Å². The van der Waals surface area contributed by atoms with Crippen LogP contribution in [0.3, 0.4) is 0 Å². The first kappa shape index (κ1) is 16.4. The first-order chi connectivity index (χ1) is 12.0. The molecular weight excluding hydrogens is 328 g/mol. The predicted octanol–water partition coefficient (Wildman–Crippen LogP) is 0.111.